The van der Waals surface area contributed by atoms with E-state index in [1.807, 2.05) is 0 Å². The molecule has 0 aromatic heterocycles. The second-order valence-electron chi connectivity index (χ2n) is 5.98. The van der Waals surface area contributed by atoms with E-state index in [2.05, 4.69) is 13.8 Å². The van der Waals surface area contributed by atoms with Crippen LogP contribution in [0.2, 0.25) is 0 Å². The molecule has 0 saturated heterocycles. The van der Waals surface area contributed by atoms with Crippen molar-refractivity contribution in [2.45, 2.75) is 103 Å². The standard InChI is InChI=1S/C16H35O2PS2/c1-3-5-7-9-10-11-13-15-16(21-19(17,18)20)14-12-8-6-4-2/h16H,3-15H2,1-2H3,(H2,17,18,20). The minimum Gasteiger partial charge on any atom is -0.338 e. The Morgan fingerprint density at radius 2 is 1.14 bits per heavy atom. The minimum absolute atomic E-state index is 0.346. The SMILES string of the molecule is CCCCCCCCCC(CCCCCC)SP(O)(O)=S. The van der Waals surface area contributed by atoms with Crippen LogP contribution in [0.4, 0.5) is 0 Å². The summed E-state index contributed by atoms with van der Waals surface area (Å²) in [4.78, 5) is 19.1. The molecular formula is C16H35O2PS2. The van der Waals surface area contributed by atoms with E-state index in [9.17, 15) is 9.79 Å². The highest BCUT2D eigenvalue weighted by Gasteiger charge is 2.18. The molecule has 0 bridgehead atoms. The van der Waals surface area contributed by atoms with E-state index in [-0.39, 0.29) is 0 Å². The molecule has 0 amide bonds. The molecule has 0 radical (unpaired) electrons. The molecule has 0 aromatic rings. The van der Waals surface area contributed by atoms with Crippen molar-refractivity contribution in [3.8, 4) is 0 Å². The van der Waals surface area contributed by atoms with Gasteiger partial charge in [-0.2, -0.15) is 0 Å². The van der Waals surface area contributed by atoms with Crippen molar-refractivity contribution in [1.82, 2.24) is 0 Å². The fraction of sp³-hybridized carbons (Fsp3) is 1.00. The van der Waals surface area contributed by atoms with Gasteiger partial charge in [0.05, 0.1) is 0 Å². The molecule has 2 N–H and O–H groups in total. The second-order valence-corrected chi connectivity index (χ2v) is 12.2. The Morgan fingerprint density at radius 1 is 0.762 bits per heavy atom. The fourth-order valence-electron chi connectivity index (χ4n) is 2.57. The first-order valence-electron chi connectivity index (χ1n) is 8.73. The van der Waals surface area contributed by atoms with Gasteiger partial charge in [-0.1, -0.05) is 95.9 Å². The Labute approximate surface area is 141 Å². The molecule has 0 aliphatic heterocycles. The number of rotatable bonds is 15. The fourth-order valence-corrected chi connectivity index (χ4v) is 6.40. The number of hydrogen-bond acceptors (Lipinski definition) is 2. The van der Waals surface area contributed by atoms with Crippen LogP contribution in [0.5, 0.6) is 0 Å². The molecule has 21 heavy (non-hydrogen) atoms. The summed E-state index contributed by atoms with van der Waals surface area (Å²) in [6.07, 6.45) is 16.3. The molecule has 2 nitrogen and oxygen atoms in total. The summed E-state index contributed by atoms with van der Waals surface area (Å²) >= 11 is 6.07. The van der Waals surface area contributed by atoms with Crippen LogP contribution in [0.15, 0.2) is 0 Å². The first-order chi connectivity index (χ1) is 9.99. The molecule has 0 heterocycles. The molecule has 1 atom stereocenters. The third kappa shape index (κ3) is 17.1. The van der Waals surface area contributed by atoms with E-state index in [0.29, 0.717) is 5.25 Å². The first kappa shape index (κ1) is 21.9. The molecule has 5 heteroatoms. The van der Waals surface area contributed by atoms with Gasteiger partial charge in [0.2, 0.25) is 5.69 Å². The summed E-state index contributed by atoms with van der Waals surface area (Å²) in [5, 5.41) is 0.346. The van der Waals surface area contributed by atoms with Crippen LogP contribution in [0.3, 0.4) is 0 Å². The number of hydrogen-bond donors (Lipinski definition) is 2. The maximum absolute atomic E-state index is 9.54. The van der Waals surface area contributed by atoms with Crippen LogP contribution in [0.25, 0.3) is 0 Å². The van der Waals surface area contributed by atoms with E-state index in [1.54, 1.807) is 0 Å². The van der Waals surface area contributed by atoms with E-state index in [1.165, 1.54) is 82.0 Å². The van der Waals surface area contributed by atoms with E-state index < -0.39 is 5.69 Å². The Bertz CT molecular complexity index is 269. The highest BCUT2D eigenvalue weighted by atomic mass is 32.9. The molecule has 0 aliphatic carbocycles. The highest BCUT2D eigenvalue weighted by Crippen LogP contribution is 2.54. The lowest BCUT2D eigenvalue weighted by Crippen LogP contribution is -2.03. The van der Waals surface area contributed by atoms with Gasteiger partial charge in [-0.3, -0.25) is 0 Å². The zero-order valence-electron chi connectivity index (χ0n) is 13.9. The highest BCUT2D eigenvalue weighted by molar-refractivity contribution is 8.67. The molecule has 0 fully saturated rings. The van der Waals surface area contributed by atoms with Gasteiger partial charge in [0.15, 0.2) is 0 Å². The van der Waals surface area contributed by atoms with Crippen molar-refractivity contribution in [3.05, 3.63) is 0 Å². The molecular weight excluding hydrogens is 319 g/mol. The topological polar surface area (TPSA) is 40.5 Å². The van der Waals surface area contributed by atoms with Gasteiger partial charge >= 0.3 is 0 Å². The third-order valence-electron chi connectivity index (χ3n) is 3.80. The third-order valence-corrected chi connectivity index (χ3v) is 7.33. The van der Waals surface area contributed by atoms with Gasteiger partial charge < -0.3 is 9.79 Å². The summed E-state index contributed by atoms with van der Waals surface area (Å²) < 4.78 is 0. The van der Waals surface area contributed by atoms with E-state index in [0.717, 1.165) is 12.8 Å². The Balaban J connectivity index is 3.79. The molecule has 0 aliphatic rings. The van der Waals surface area contributed by atoms with E-state index in [4.69, 9.17) is 11.8 Å². The Kier molecular flexibility index (Phi) is 15.1. The molecule has 0 rings (SSSR count). The van der Waals surface area contributed by atoms with Gasteiger partial charge in [-0.25, -0.2) is 0 Å². The quantitative estimate of drug-likeness (QED) is 0.263. The average Bonchev–Trinajstić information content (AvgIpc) is 2.40. The molecule has 0 aromatic carbocycles. The second kappa shape index (κ2) is 14.5. The minimum atomic E-state index is -3.10. The van der Waals surface area contributed by atoms with Gasteiger partial charge in [-0.05, 0) is 24.6 Å². The van der Waals surface area contributed by atoms with Gasteiger partial charge in [0.25, 0.3) is 0 Å². The molecule has 0 spiro atoms. The summed E-state index contributed by atoms with van der Waals surface area (Å²) in [7, 11) is 0. The summed E-state index contributed by atoms with van der Waals surface area (Å²) in [5.74, 6) is 0. The lowest BCUT2D eigenvalue weighted by molar-refractivity contribution is 0.500. The lowest BCUT2D eigenvalue weighted by atomic mass is 10.0. The van der Waals surface area contributed by atoms with Gasteiger partial charge in [-0.15, -0.1) is 0 Å². The number of unbranched alkanes of at least 4 members (excludes halogenated alkanes) is 9. The molecule has 128 valence electrons. The summed E-state index contributed by atoms with van der Waals surface area (Å²) in [5.41, 5.74) is -3.10. The van der Waals surface area contributed by atoms with Gasteiger partial charge in [0, 0.05) is 5.25 Å². The zero-order valence-corrected chi connectivity index (χ0v) is 16.5. The predicted molar refractivity (Wildman–Crippen MR) is 101 cm³/mol. The van der Waals surface area contributed by atoms with Crippen LogP contribution in [0, 0.1) is 0 Å². The largest absolute Gasteiger partial charge is 0.338 e. The van der Waals surface area contributed by atoms with Gasteiger partial charge in [0.1, 0.15) is 0 Å². The van der Waals surface area contributed by atoms with Crippen molar-refractivity contribution in [1.29, 1.82) is 0 Å². The molecule has 0 saturated carbocycles. The lowest BCUT2D eigenvalue weighted by Gasteiger charge is -2.18. The van der Waals surface area contributed by atoms with E-state index >= 15 is 0 Å². The van der Waals surface area contributed by atoms with Crippen molar-refractivity contribution in [2.75, 3.05) is 0 Å². The Morgan fingerprint density at radius 3 is 1.57 bits per heavy atom. The zero-order chi connectivity index (χ0) is 16.0. The average molecular weight is 355 g/mol. The van der Waals surface area contributed by atoms with Crippen molar-refractivity contribution < 1.29 is 9.79 Å². The monoisotopic (exact) mass is 354 g/mol. The summed E-state index contributed by atoms with van der Waals surface area (Å²) in [6, 6.07) is 0. The van der Waals surface area contributed by atoms with Crippen molar-refractivity contribution >= 4 is 28.9 Å². The van der Waals surface area contributed by atoms with Crippen molar-refractivity contribution in [3.63, 3.8) is 0 Å². The maximum Gasteiger partial charge on any atom is 0.242 e. The normalized spacial score (nSPS) is 13.5. The molecule has 1 unspecified atom stereocenters. The van der Waals surface area contributed by atoms with Crippen LogP contribution >= 0.6 is 17.1 Å². The maximum atomic E-state index is 9.54. The van der Waals surface area contributed by atoms with Crippen LogP contribution in [0.1, 0.15) is 97.3 Å². The first-order valence-corrected chi connectivity index (χ1v) is 12.9. The predicted octanol–water partition coefficient (Wildman–Crippen LogP) is 6.41. The smallest absolute Gasteiger partial charge is 0.242 e. The van der Waals surface area contributed by atoms with Crippen LogP contribution < -0.4 is 0 Å². The summed E-state index contributed by atoms with van der Waals surface area (Å²) in [6.45, 7) is 4.46. The van der Waals surface area contributed by atoms with Crippen molar-refractivity contribution in [2.24, 2.45) is 0 Å². The van der Waals surface area contributed by atoms with Crippen LogP contribution in [-0.2, 0) is 11.8 Å². The van der Waals surface area contributed by atoms with Crippen LogP contribution in [-0.4, -0.2) is 15.0 Å². The Hall–Kier alpha value is 0.920.